The Balaban J connectivity index is 1.16. The van der Waals surface area contributed by atoms with Gasteiger partial charge in [-0.1, -0.05) is 36.4 Å². The summed E-state index contributed by atoms with van der Waals surface area (Å²) in [7, 11) is 1.63. The van der Waals surface area contributed by atoms with Gasteiger partial charge < -0.3 is 19.6 Å². The third-order valence-corrected chi connectivity index (χ3v) is 10.4. The number of methoxy groups -OCH3 is 1. The maximum Gasteiger partial charge on any atom is 0.265 e. The van der Waals surface area contributed by atoms with E-state index < -0.39 is 5.60 Å². The molecule has 233 valence electrons. The predicted molar refractivity (Wildman–Crippen MR) is 174 cm³/mol. The fourth-order valence-electron chi connectivity index (χ4n) is 6.62. The number of aryl methyl sites for hydroxylation is 2. The molecule has 1 N–H and O–H groups in total. The normalized spacial score (nSPS) is 19.7. The van der Waals surface area contributed by atoms with Crippen molar-refractivity contribution in [3.8, 4) is 16.3 Å². The van der Waals surface area contributed by atoms with Crippen LogP contribution in [-0.2, 0) is 11.2 Å². The lowest BCUT2D eigenvalue weighted by molar-refractivity contribution is -0.142. The Morgan fingerprint density at radius 1 is 1.07 bits per heavy atom. The summed E-state index contributed by atoms with van der Waals surface area (Å²) in [6, 6.07) is 22.6. The van der Waals surface area contributed by atoms with Gasteiger partial charge in [0.25, 0.3) is 5.91 Å². The van der Waals surface area contributed by atoms with Crippen LogP contribution < -0.4 is 4.74 Å². The lowest BCUT2D eigenvalue weighted by atomic mass is 9.78. The number of carbonyl (C=O) groups is 2. The summed E-state index contributed by atoms with van der Waals surface area (Å²) in [6.07, 6.45) is 3.82. The van der Waals surface area contributed by atoms with Crippen molar-refractivity contribution in [2.75, 3.05) is 33.3 Å². The van der Waals surface area contributed by atoms with Crippen LogP contribution in [0.25, 0.3) is 10.6 Å². The summed E-state index contributed by atoms with van der Waals surface area (Å²) < 4.78 is 5.48. The van der Waals surface area contributed by atoms with Crippen molar-refractivity contribution in [1.29, 1.82) is 0 Å². The lowest BCUT2D eigenvalue weighted by Crippen LogP contribution is -2.52. The number of aromatic nitrogens is 2. The Kier molecular flexibility index (Phi) is 9.01. The molecule has 2 amide bonds. The van der Waals surface area contributed by atoms with E-state index in [1.807, 2.05) is 66.1 Å². The number of likely N-dealkylation sites (tertiary alicyclic amines) is 2. The van der Waals surface area contributed by atoms with E-state index in [0.29, 0.717) is 62.4 Å². The summed E-state index contributed by atoms with van der Waals surface area (Å²) in [6.45, 7) is 5.76. The first-order valence-electron chi connectivity index (χ1n) is 15.5. The third-order valence-electron chi connectivity index (χ3n) is 9.24. The van der Waals surface area contributed by atoms with Crippen molar-refractivity contribution in [3.05, 3.63) is 100 Å². The molecule has 6 rings (SSSR count). The van der Waals surface area contributed by atoms with Crippen molar-refractivity contribution < 1.29 is 19.4 Å². The molecule has 0 saturated carbocycles. The highest BCUT2D eigenvalue weighted by atomic mass is 32.1. The second kappa shape index (κ2) is 13.1. The molecule has 0 bridgehead atoms. The summed E-state index contributed by atoms with van der Waals surface area (Å²) in [5.41, 5.74) is 3.60. The van der Waals surface area contributed by atoms with E-state index >= 15 is 0 Å². The monoisotopic (exact) mass is 623 g/mol. The van der Waals surface area contributed by atoms with E-state index in [1.165, 1.54) is 11.3 Å². The number of rotatable bonds is 7. The molecular weight excluding hydrogens is 584 g/mol. The van der Waals surface area contributed by atoms with Crippen LogP contribution in [0, 0.1) is 25.8 Å². The molecule has 2 saturated heterocycles. The molecule has 45 heavy (non-hydrogen) atoms. The van der Waals surface area contributed by atoms with Crippen molar-refractivity contribution in [2.24, 2.45) is 5.92 Å². The number of aliphatic hydroxyl groups is 1. The Labute approximate surface area is 268 Å². The lowest BCUT2D eigenvalue weighted by Gasteiger charge is -2.43. The van der Waals surface area contributed by atoms with Gasteiger partial charge in [0.2, 0.25) is 5.91 Å². The number of benzene rings is 2. The second-order valence-corrected chi connectivity index (χ2v) is 13.2. The molecule has 2 aliphatic rings. The van der Waals surface area contributed by atoms with Gasteiger partial charge in [-0.3, -0.25) is 14.6 Å². The Bertz CT molecular complexity index is 1650. The van der Waals surface area contributed by atoms with Gasteiger partial charge in [-0.2, -0.15) is 0 Å². The zero-order chi connectivity index (χ0) is 31.6. The maximum atomic E-state index is 14.1. The number of nitrogens with zero attached hydrogens (tertiary/aromatic N) is 4. The molecule has 8 nitrogen and oxygen atoms in total. The average molecular weight is 624 g/mol. The SMILES string of the molecule is COc1cc[c]cc1CC1(O)CCN(C(=O)[C@@H]2CCN(C(=O)c3sc(-c4ccc(C)nc4)nc3C)C[C@H]2c2ccccc2)CC1. The molecule has 2 aliphatic heterocycles. The van der Waals surface area contributed by atoms with Crippen LogP contribution in [0.15, 0.2) is 66.9 Å². The van der Waals surface area contributed by atoms with Crippen LogP contribution in [0.1, 0.15) is 57.4 Å². The molecule has 0 aliphatic carbocycles. The summed E-state index contributed by atoms with van der Waals surface area (Å²) in [4.78, 5) is 41.5. The molecule has 4 aromatic rings. The predicted octanol–water partition coefficient (Wildman–Crippen LogP) is 5.47. The van der Waals surface area contributed by atoms with Gasteiger partial charge in [-0.05, 0) is 74.6 Å². The van der Waals surface area contributed by atoms with E-state index in [1.54, 1.807) is 19.4 Å². The van der Waals surface area contributed by atoms with Crippen LogP contribution >= 0.6 is 11.3 Å². The molecule has 2 aromatic carbocycles. The molecule has 2 aromatic heterocycles. The first-order chi connectivity index (χ1) is 21.7. The molecule has 2 fully saturated rings. The van der Waals surface area contributed by atoms with Crippen LogP contribution in [0.3, 0.4) is 0 Å². The smallest absolute Gasteiger partial charge is 0.265 e. The Morgan fingerprint density at radius 3 is 2.56 bits per heavy atom. The molecule has 9 heteroatoms. The molecule has 1 radical (unpaired) electrons. The molecule has 0 spiro atoms. The first-order valence-corrected chi connectivity index (χ1v) is 16.3. The van der Waals surface area contributed by atoms with Gasteiger partial charge >= 0.3 is 0 Å². The minimum absolute atomic E-state index is 0.0419. The van der Waals surface area contributed by atoms with Crippen molar-refractivity contribution in [1.82, 2.24) is 19.8 Å². The zero-order valence-electron chi connectivity index (χ0n) is 26.0. The Hall–Kier alpha value is -4.08. The van der Waals surface area contributed by atoms with E-state index in [0.717, 1.165) is 33.1 Å². The maximum absolute atomic E-state index is 14.1. The number of amides is 2. The highest BCUT2D eigenvalue weighted by Gasteiger charge is 2.42. The Morgan fingerprint density at radius 2 is 1.84 bits per heavy atom. The van der Waals surface area contributed by atoms with E-state index in [9.17, 15) is 14.7 Å². The number of piperidine rings is 2. The fourth-order valence-corrected chi connectivity index (χ4v) is 7.65. The van der Waals surface area contributed by atoms with Crippen LogP contribution in [0.4, 0.5) is 0 Å². The number of ether oxygens (including phenoxy) is 1. The molecule has 0 unspecified atom stereocenters. The minimum atomic E-state index is -0.909. The summed E-state index contributed by atoms with van der Waals surface area (Å²) in [5.74, 6) is 0.426. The summed E-state index contributed by atoms with van der Waals surface area (Å²) >= 11 is 1.40. The van der Waals surface area contributed by atoms with E-state index in [2.05, 4.69) is 23.2 Å². The molecule has 4 heterocycles. The number of thiazole rings is 1. The molecular formula is C36H39N4O4S. The number of carbonyl (C=O) groups excluding carboxylic acids is 2. The fraction of sp³-hybridized carbons (Fsp3) is 0.389. The van der Waals surface area contributed by atoms with Gasteiger partial charge in [0.1, 0.15) is 15.6 Å². The highest BCUT2D eigenvalue weighted by molar-refractivity contribution is 7.17. The van der Waals surface area contributed by atoms with Crippen molar-refractivity contribution in [2.45, 2.75) is 51.0 Å². The number of hydrogen-bond acceptors (Lipinski definition) is 7. The third kappa shape index (κ3) is 6.65. The van der Waals surface area contributed by atoms with E-state index in [4.69, 9.17) is 9.72 Å². The molecule has 2 atom stereocenters. The summed E-state index contributed by atoms with van der Waals surface area (Å²) in [5, 5.41) is 12.2. The first kappa shape index (κ1) is 30.9. The van der Waals surface area contributed by atoms with Crippen LogP contribution in [0.2, 0.25) is 0 Å². The van der Waals surface area contributed by atoms with Gasteiger partial charge in [-0.15, -0.1) is 11.3 Å². The standard InChI is InChI=1S/C36H39N4O4S/c1-24-13-14-28(22-37-24)33-38-25(2)32(45-33)35(42)40-18-15-29(30(23-40)26-9-5-4-6-10-26)34(41)39-19-16-36(43,17-20-39)21-27-11-7-8-12-31(27)44-3/h4-6,8-14,22,29-30,43H,15-21,23H2,1-3H3/t29-,30+/m1/s1. The van der Waals surface area contributed by atoms with Crippen molar-refractivity contribution in [3.63, 3.8) is 0 Å². The number of hydrogen-bond donors (Lipinski definition) is 1. The van der Waals surface area contributed by atoms with Gasteiger partial charge in [0, 0.05) is 61.9 Å². The number of pyridine rings is 1. The van der Waals surface area contributed by atoms with Gasteiger partial charge in [0.05, 0.1) is 18.4 Å². The topological polar surface area (TPSA) is 95.9 Å². The van der Waals surface area contributed by atoms with Gasteiger partial charge in [0.15, 0.2) is 0 Å². The second-order valence-electron chi connectivity index (χ2n) is 12.2. The van der Waals surface area contributed by atoms with Gasteiger partial charge in [-0.25, -0.2) is 4.98 Å². The average Bonchev–Trinajstić information content (AvgIpc) is 3.46. The van der Waals surface area contributed by atoms with Crippen LogP contribution in [0.5, 0.6) is 5.75 Å². The van der Waals surface area contributed by atoms with Crippen LogP contribution in [-0.4, -0.2) is 75.6 Å². The zero-order valence-corrected chi connectivity index (χ0v) is 26.8. The highest BCUT2D eigenvalue weighted by Crippen LogP contribution is 2.38. The minimum Gasteiger partial charge on any atom is -0.496 e. The van der Waals surface area contributed by atoms with E-state index in [-0.39, 0.29) is 23.7 Å². The van der Waals surface area contributed by atoms with Crippen molar-refractivity contribution >= 4 is 23.2 Å². The quantitative estimate of drug-likeness (QED) is 0.293. The largest absolute Gasteiger partial charge is 0.496 e.